The molecule has 32 heavy (non-hydrogen) atoms. The number of carboxylic acids is 1. The Balaban J connectivity index is 1.51. The van der Waals surface area contributed by atoms with Gasteiger partial charge in [0.1, 0.15) is 18.0 Å². The summed E-state index contributed by atoms with van der Waals surface area (Å²) in [6, 6.07) is 15.0. The van der Waals surface area contributed by atoms with Crippen molar-refractivity contribution in [1.82, 2.24) is 4.98 Å². The predicted molar refractivity (Wildman–Crippen MR) is 121 cm³/mol. The van der Waals surface area contributed by atoms with Gasteiger partial charge in [0, 0.05) is 53.6 Å². The second kappa shape index (κ2) is 8.39. The fourth-order valence-corrected chi connectivity index (χ4v) is 4.22. The van der Waals surface area contributed by atoms with Crippen LogP contribution >= 0.6 is 0 Å². The van der Waals surface area contributed by atoms with E-state index in [2.05, 4.69) is 15.2 Å². The minimum atomic E-state index is -0.925. The smallest absolute Gasteiger partial charge is 0.322 e. The molecule has 5 rings (SSSR count). The minimum absolute atomic E-state index is 0.168. The number of morpholine rings is 1. The number of carbonyl (C=O) groups is 1. The average molecular weight is 433 g/mol. The highest BCUT2D eigenvalue weighted by atomic mass is 16.5. The highest BCUT2D eigenvalue weighted by Gasteiger charge is 2.24. The van der Waals surface area contributed by atoms with E-state index in [1.807, 2.05) is 42.5 Å². The van der Waals surface area contributed by atoms with Crippen molar-refractivity contribution < 1.29 is 19.4 Å². The quantitative estimate of drug-likeness (QED) is 0.444. The molecule has 0 bridgehead atoms. The van der Waals surface area contributed by atoms with Gasteiger partial charge in [-0.2, -0.15) is 0 Å². The van der Waals surface area contributed by atoms with E-state index in [0.29, 0.717) is 36.8 Å². The van der Waals surface area contributed by atoms with Crippen molar-refractivity contribution in [2.24, 2.45) is 0 Å². The van der Waals surface area contributed by atoms with Gasteiger partial charge in [-0.3, -0.25) is 9.59 Å². The molecule has 3 heterocycles. The number of hydrogen-bond acceptors (Lipinski definition) is 6. The number of nitrogens with one attached hydrogen (secondary N) is 2. The zero-order chi connectivity index (χ0) is 22.1. The van der Waals surface area contributed by atoms with Crippen LogP contribution in [0.5, 0.6) is 11.5 Å². The number of aliphatic carboxylic acids is 1. The lowest BCUT2D eigenvalue weighted by Crippen LogP contribution is -2.36. The van der Waals surface area contributed by atoms with Crippen molar-refractivity contribution in [1.29, 1.82) is 0 Å². The molecule has 1 aromatic heterocycles. The number of fused-ring (bicyclic) bond motifs is 2. The maximum atomic E-state index is 12.5. The molecule has 0 unspecified atom stereocenters. The summed E-state index contributed by atoms with van der Waals surface area (Å²) in [5.74, 6) is 0.448. The van der Waals surface area contributed by atoms with E-state index in [0.717, 1.165) is 41.2 Å². The number of H-pyrrole nitrogens is 1. The van der Waals surface area contributed by atoms with Gasteiger partial charge >= 0.3 is 5.97 Å². The summed E-state index contributed by atoms with van der Waals surface area (Å²) in [5, 5.41) is 12.0. The van der Waals surface area contributed by atoms with E-state index < -0.39 is 5.97 Å². The van der Waals surface area contributed by atoms with E-state index in [1.165, 1.54) is 0 Å². The Bertz CT molecular complexity index is 1230. The average Bonchev–Trinajstić information content (AvgIpc) is 2.81. The number of nitrogens with zero attached hydrogens (tertiary/aromatic N) is 1. The van der Waals surface area contributed by atoms with Gasteiger partial charge in [-0.05, 0) is 24.3 Å². The number of hydrogen-bond donors (Lipinski definition) is 3. The van der Waals surface area contributed by atoms with E-state index >= 15 is 0 Å². The second-order valence-electron chi connectivity index (χ2n) is 7.82. The van der Waals surface area contributed by atoms with Crippen LogP contribution in [0.25, 0.3) is 11.3 Å². The molecule has 0 saturated carbocycles. The van der Waals surface area contributed by atoms with Crippen LogP contribution < -0.4 is 20.5 Å². The Morgan fingerprint density at radius 3 is 2.75 bits per heavy atom. The standard InChI is InChI=1S/C24H23N3O5/c28-22-13-16(27-7-9-31-10-8-27)12-20(26-22)17-4-1-3-15-11-18-19(25-14-23(29)30)5-2-6-21(18)32-24(15)17/h1-6,12-13,25H,7-11,14H2,(H,26,28)(H,29,30). The monoisotopic (exact) mass is 433 g/mol. The van der Waals surface area contributed by atoms with Crippen LogP contribution in [0.2, 0.25) is 0 Å². The number of rotatable bonds is 5. The molecule has 3 aromatic rings. The molecule has 0 spiro atoms. The lowest BCUT2D eigenvalue weighted by Gasteiger charge is -2.29. The first-order chi connectivity index (χ1) is 15.6. The van der Waals surface area contributed by atoms with Crippen LogP contribution in [-0.2, 0) is 16.0 Å². The molecule has 1 saturated heterocycles. The zero-order valence-electron chi connectivity index (χ0n) is 17.4. The van der Waals surface area contributed by atoms with E-state index in [1.54, 1.807) is 6.07 Å². The highest BCUT2D eigenvalue weighted by Crippen LogP contribution is 2.44. The molecule has 164 valence electrons. The predicted octanol–water partition coefficient (Wildman–Crippen LogP) is 3.07. The Hall–Kier alpha value is -3.78. The molecule has 2 aliphatic rings. The topological polar surface area (TPSA) is 104 Å². The van der Waals surface area contributed by atoms with E-state index in [9.17, 15) is 9.59 Å². The zero-order valence-corrected chi connectivity index (χ0v) is 17.4. The Morgan fingerprint density at radius 2 is 1.94 bits per heavy atom. The lowest BCUT2D eigenvalue weighted by molar-refractivity contribution is -0.134. The molecule has 1 fully saturated rings. The molecule has 0 amide bonds. The highest BCUT2D eigenvalue weighted by molar-refractivity contribution is 5.77. The molecule has 0 aliphatic carbocycles. The SMILES string of the molecule is O=C(O)CNc1cccc2c1Cc1cccc(-c3cc(N4CCOCC4)cc(=O)[nH]3)c1O2. The van der Waals surface area contributed by atoms with E-state index in [4.69, 9.17) is 14.6 Å². The van der Waals surface area contributed by atoms with Crippen LogP contribution in [0.15, 0.2) is 53.3 Å². The van der Waals surface area contributed by atoms with Crippen LogP contribution in [0, 0.1) is 0 Å². The molecule has 2 aliphatic heterocycles. The Morgan fingerprint density at radius 1 is 1.12 bits per heavy atom. The maximum absolute atomic E-state index is 12.5. The number of carboxylic acid groups (broad SMARTS) is 1. The first kappa shape index (κ1) is 20.1. The van der Waals surface area contributed by atoms with Crippen molar-refractivity contribution >= 4 is 17.3 Å². The number of para-hydroxylation sites is 1. The summed E-state index contributed by atoms with van der Waals surface area (Å²) >= 11 is 0. The van der Waals surface area contributed by atoms with Crippen LogP contribution in [-0.4, -0.2) is 48.9 Å². The number of aromatic amines is 1. The number of pyridine rings is 1. The van der Waals surface area contributed by atoms with Gasteiger partial charge < -0.3 is 29.8 Å². The number of anilines is 2. The van der Waals surface area contributed by atoms with Crippen molar-refractivity contribution in [3.05, 3.63) is 70.0 Å². The summed E-state index contributed by atoms with van der Waals surface area (Å²) < 4.78 is 11.7. The number of ether oxygens (including phenoxy) is 2. The fourth-order valence-electron chi connectivity index (χ4n) is 4.22. The summed E-state index contributed by atoms with van der Waals surface area (Å²) in [4.78, 5) is 28.5. The van der Waals surface area contributed by atoms with Gasteiger partial charge in [0.2, 0.25) is 5.56 Å². The second-order valence-corrected chi connectivity index (χ2v) is 7.82. The first-order valence-corrected chi connectivity index (χ1v) is 10.5. The van der Waals surface area contributed by atoms with Crippen LogP contribution in [0.4, 0.5) is 11.4 Å². The molecule has 0 radical (unpaired) electrons. The largest absolute Gasteiger partial charge is 0.480 e. The third kappa shape index (κ3) is 3.92. The molecular formula is C24H23N3O5. The molecule has 0 atom stereocenters. The third-order valence-electron chi connectivity index (χ3n) is 5.73. The van der Waals surface area contributed by atoms with Crippen LogP contribution in [0.1, 0.15) is 11.1 Å². The van der Waals surface area contributed by atoms with Gasteiger partial charge in [0.05, 0.1) is 18.9 Å². The molecule has 3 N–H and O–H groups in total. The molecular weight excluding hydrogens is 410 g/mol. The Kier molecular flexibility index (Phi) is 5.28. The molecule has 8 nitrogen and oxygen atoms in total. The van der Waals surface area contributed by atoms with Crippen LogP contribution in [0.3, 0.4) is 0 Å². The molecule has 8 heteroatoms. The maximum Gasteiger partial charge on any atom is 0.322 e. The van der Waals surface area contributed by atoms with Crippen molar-refractivity contribution in [2.45, 2.75) is 6.42 Å². The van der Waals surface area contributed by atoms with Gasteiger partial charge in [-0.15, -0.1) is 0 Å². The molecule has 2 aromatic carbocycles. The Labute approximate surface area is 184 Å². The first-order valence-electron chi connectivity index (χ1n) is 10.5. The lowest BCUT2D eigenvalue weighted by atomic mass is 9.95. The summed E-state index contributed by atoms with van der Waals surface area (Å²) in [5.41, 5.74) is 4.82. The van der Waals surface area contributed by atoms with Crippen molar-refractivity contribution in [3.8, 4) is 22.8 Å². The summed E-state index contributed by atoms with van der Waals surface area (Å²) in [7, 11) is 0. The van der Waals surface area contributed by atoms with Gasteiger partial charge in [-0.25, -0.2) is 0 Å². The number of aromatic nitrogens is 1. The summed E-state index contributed by atoms with van der Waals surface area (Å²) in [6.45, 7) is 2.60. The van der Waals surface area contributed by atoms with Crippen molar-refractivity contribution in [3.63, 3.8) is 0 Å². The van der Waals surface area contributed by atoms with Gasteiger partial charge in [-0.1, -0.05) is 18.2 Å². The third-order valence-corrected chi connectivity index (χ3v) is 5.73. The number of benzene rings is 2. The van der Waals surface area contributed by atoms with Gasteiger partial charge in [0.15, 0.2) is 0 Å². The van der Waals surface area contributed by atoms with E-state index in [-0.39, 0.29) is 12.1 Å². The van der Waals surface area contributed by atoms with Crippen molar-refractivity contribution in [2.75, 3.05) is 43.1 Å². The fraction of sp³-hybridized carbons (Fsp3) is 0.250. The summed E-state index contributed by atoms with van der Waals surface area (Å²) in [6.07, 6.45) is 0.592. The normalized spacial score (nSPS) is 14.8. The minimum Gasteiger partial charge on any atom is -0.480 e. The van der Waals surface area contributed by atoms with Gasteiger partial charge in [0.25, 0.3) is 0 Å².